The van der Waals surface area contributed by atoms with Crippen LogP contribution in [-0.4, -0.2) is 20.1 Å². The van der Waals surface area contributed by atoms with Gasteiger partial charge in [-0.2, -0.15) is 0 Å². The predicted molar refractivity (Wildman–Crippen MR) is 111 cm³/mol. The zero-order valence-corrected chi connectivity index (χ0v) is 16.0. The quantitative estimate of drug-likeness (QED) is 0.619. The second-order valence-electron chi connectivity index (χ2n) is 6.26. The Kier molecular flexibility index (Phi) is 6.65. The highest BCUT2D eigenvalue weighted by molar-refractivity contribution is 5.95. The molecule has 3 rings (SSSR count). The fraction of sp³-hybridized carbons (Fsp3) is 0.174. The maximum Gasteiger partial charge on any atom is 0.246 e. The molecule has 5 heteroatoms. The Bertz CT molecular complexity index is 912. The molecule has 0 aliphatic carbocycles. The van der Waals surface area contributed by atoms with E-state index in [1.165, 1.54) is 0 Å². The first kappa shape index (κ1) is 19.5. The van der Waals surface area contributed by atoms with Crippen molar-refractivity contribution in [3.63, 3.8) is 0 Å². The fourth-order valence-corrected chi connectivity index (χ4v) is 2.98. The average Bonchev–Trinajstić information content (AvgIpc) is 2.75. The Morgan fingerprint density at radius 3 is 2.39 bits per heavy atom. The van der Waals surface area contributed by atoms with Crippen LogP contribution >= 0.6 is 0 Å². The van der Waals surface area contributed by atoms with Crippen LogP contribution in [0.2, 0.25) is 0 Å². The van der Waals surface area contributed by atoms with Gasteiger partial charge in [-0.1, -0.05) is 54.6 Å². The Hall–Kier alpha value is -3.31. The van der Waals surface area contributed by atoms with Gasteiger partial charge in [-0.05, 0) is 23.8 Å². The molecule has 3 aromatic carbocycles. The number of rotatable bonds is 8. The second kappa shape index (κ2) is 9.58. The highest BCUT2D eigenvalue weighted by Gasteiger charge is 2.21. The van der Waals surface area contributed by atoms with Crippen molar-refractivity contribution < 1.29 is 14.3 Å². The van der Waals surface area contributed by atoms with Crippen LogP contribution in [0.15, 0.2) is 78.9 Å². The summed E-state index contributed by atoms with van der Waals surface area (Å²) in [4.78, 5) is 13.0. The summed E-state index contributed by atoms with van der Waals surface area (Å²) >= 11 is 0. The van der Waals surface area contributed by atoms with Gasteiger partial charge in [0.05, 0.1) is 14.2 Å². The zero-order chi connectivity index (χ0) is 19.8. The van der Waals surface area contributed by atoms with E-state index in [0.29, 0.717) is 18.0 Å². The molecule has 0 bridgehead atoms. The van der Waals surface area contributed by atoms with Crippen LogP contribution in [0.1, 0.15) is 17.2 Å². The standard InChI is InChI=1S/C23H24N2O3/c1-27-20-13-8-12-19(15-20)25-23(26)22(17-9-4-3-5-10-17)24-16-18-11-6-7-14-21(18)28-2/h3-15,22,24H,16H2,1-2H3,(H,25,26). The molecule has 5 nitrogen and oxygen atoms in total. The third kappa shape index (κ3) is 4.90. The average molecular weight is 376 g/mol. The molecule has 2 N–H and O–H groups in total. The lowest BCUT2D eigenvalue weighted by Gasteiger charge is -2.20. The summed E-state index contributed by atoms with van der Waals surface area (Å²) in [5.41, 5.74) is 2.56. The maximum absolute atomic E-state index is 13.0. The van der Waals surface area contributed by atoms with Gasteiger partial charge in [0, 0.05) is 23.9 Å². The lowest BCUT2D eigenvalue weighted by Crippen LogP contribution is -2.32. The van der Waals surface area contributed by atoms with Crippen molar-refractivity contribution in [3.05, 3.63) is 90.0 Å². The Labute approximate surface area is 165 Å². The first-order valence-corrected chi connectivity index (χ1v) is 9.06. The van der Waals surface area contributed by atoms with Gasteiger partial charge in [-0.3, -0.25) is 10.1 Å². The molecule has 0 aromatic heterocycles. The van der Waals surface area contributed by atoms with Crippen LogP contribution in [0.5, 0.6) is 11.5 Å². The molecule has 1 amide bonds. The normalized spacial score (nSPS) is 11.5. The van der Waals surface area contributed by atoms with Crippen molar-refractivity contribution in [2.45, 2.75) is 12.6 Å². The maximum atomic E-state index is 13.0. The van der Waals surface area contributed by atoms with E-state index in [1.54, 1.807) is 20.3 Å². The zero-order valence-electron chi connectivity index (χ0n) is 16.0. The van der Waals surface area contributed by atoms with Gasteiger partial charge in [0.1, 0.15) is 17.5 Å². The minimum absolute atomic E-state index is 0.144. The van der Waals surface area contributed by atoms with E-state index in [0.717, 1.165) is 16.9 Å². The minimum atomic E-state index is -0.516. The lowest BCUT2D eigenvalue weighted by molar-refractivity contribution is -0.118. The molecule has 28 heavy (non-hydrogen) atoms. The van der Waals surface area contributed by atoms with E-state index in [9.17, 15) is 4.79 Å². The second-order valence-corrected chi connectivity index (χ2v) is 6.26. The summed E-state index contributed by atoms with van der Waals surface area (Å²) in [6.45, 7) is 0.495. The summed E-state index contributed by atoms with van der Waals surface area (Å²) < 4.78 is 10.6. The van der Waals surface area contributed by atoms with Crippen molar-refractivity contribution >= 4 is 11.6 Å². The third-order valence-electron chi connectivity index (χ3n) is 4.42. The summed E-state index contributed by atoms with van der Waals surface area (Å²) in [6, 6.07) is 24.2. The van der Waals surface area contributed by atoms with Gasteiger partial charge >= 0.3 is 0 Å². The molecule has 0 aliphatic heterocycles. The molecule has 0 saturated heterocycles. The van der Waals surface area contributed by atoms with Crippen LogP contribution in [0.4, 0.5) is 5.69 Å². The number of anilines is 1. The van der Waals surface area contributed by atoms with Crippen molar-refractivity contribution in [3.8, 4) is 11.5 Å². The van der Waals surface area contributed by atoms with Crippen LogP contribution in [-0.2, 0) is 11.3 Å². The highest BCUT2D eigenvalue weighted by Crippen LogP contribution is 2.22. The number of benzene rings is 3. The number of ether oxygens (including phenoxy) is 2. The Morgan fingerprint density at radius 2 is 1.64 bits per heavy atom. The number of carbonyl (C=O) groups is 1. The van der Waals surface area contributed by atoms with E-state index >= 15 is 0 Å². The molecule has 1 atom stereocenters. The molecule has 0 saturated carbocycles. The van der Waals surface area contributed by atoms with Gasteiger partial charge in [-0.25, -0.2) is 0 Å². The number of nitrogens with one attached hydrogen (secondary N) is 2. The van der Waals surface area contributed by atoms with E-state index < -0.39 is 6.04 Å². The largest absolute Gasteiger partial charge is 0.497 e. The highest BCUT2D eigenvalue weighted by atomic mass is 16.5. The molecule has 0 spiro atoms. The third-order valence-corrected chi connectivity index (χ3v) is 4.42. The first-order valence-electron chi connectivity index (χ1n) is 9.06. The van der Waals surface area contributed by atoms with Gasteiger partial charge in [0.25, 0.3) is 0 Å². The van der Waals surface area contributed by atoms with E-state index in [-0.39, 0.29) is 5.91 Å². The molecule has 0 radical (unpaired) electrons. The molecule has 3 aromatic rings. The van der Waals surface area contributed by atoms with Gasteiger partial charge in [-0.15, -0.1) is 0 Å². The fourth-order valence-electron chi connectivity index (χ4n) is 2.98. The molecule has 0 aliphatic rings. The number of para-hydroxylation sites is 1. The van der Waals surface area contributed by atoms with E-state index in [2.05, 4.69) is 10.6 Å². The molecular weight excluding hydrogens is 352 g/mol. The Balaban J connectivity index is 1.79. The minimum Gasteiger partial charge on any atom is -0.497 e. The predicted octanol–water partition coefficient (Wildman–Crippen LogP) is 4.17. The van der Waals surface area contributed by atoms with E-state index in [1.807, 2.05) is 72.8 Å². The molecule has 144 valence electrons. The first-order chi connectivity index (χ1) is 13.7. The van der Waals surface area contributed by atoms with Crippen molar-refractivity contribution in [1.82, 2.24) is 5.32 Å². The van der Waals surface area contributed by atoms with Gasteiger partial charge in [0.15, 0.2) is 0 Å². The monoisotopic (exact) mass is 376 g/mol. The van der Waals surface area contributed by atoms with Crippen LogP contribution < -0.4 is 20.1 Å². The van der Waals surface area contributed by atoms with Crippen LogP contribution in [0.25, 0.3) is 0 Å². The van der Waals surface area contributed by atoms with Gasteiger partial charge < -0.3 is 14.8 Å². The van der Waals surface area contributed by atoms with E-state index in [4.69, 9.17) is 9.47 Å². The summed E-state index contributed by atoms with van der Waals surface area (Å²) in [7, 11) is 3.24. The topological polar surface area (TPSA) is 59.6 Å². The molecule has 1 unspecified atom stereocenters. The van der Waals surface area contributed by atoms with Crippen LogP contribution in [0.3, 0.4) is 0 Å². The smallest absolute Gasteiger partial charge is 0.246 e. The molecule has 0 fully saturated rings. The molecule has 0 heterocycles. The van der Waals surface area contributed by atoms with Crippen LogP contribution in [0, 0.1) is 0 Å². The number of carbonyl (C=O) groups excluding carboxylic acids is 1. The Morgan fingerprint density at radius 1 is 0.893 bits per heavy atom. The number of methoxy groups -OCH3 is 2. The number of hydrogen-bond acceptors (Lipinski definition) is 4. The number of hydrogen-bond donors (Lipinski definition) is 2. The van der Waals surface area contributed by atoms with Crippen molar-refractivity contribution in [2.24, 2.45) is 0 Å². The molecular formula is C23H24N2O3. The summed E-state index contributed by atoms with van der Waals surface area (Å²) in [6.07, 6.45) is 0. The number of amides is 1. The van der Waals surface area contributed by atoms with Crippen molar-refractivity contribution in [2.75, 3.05) is 19.5 Å². The van der Waals surface area contributed by atoms with Gasteiger partial charge in [0.2, 0.25) is 5.91 Å². The summed E-state index contributed by atoms with van der Waals surface area (Å²) in [5, 5.41) is 6.32. The summed E-state index contributed by atoms with van der Waals surface area (Å²) in [5.74, 6) is 1.33. The SMILES string of the molecule is COc1cccc(NC(=O)C(NCc2ccccc2OC)c2ccccc2)c1. The lowest BCUT2D eigenvalue weighted by atomic mass is 10.1. The van der Waals surface area contributed by atoms with Crippen molar-refractivity contribution in [1.29, 1.82) is 0 Å².